The largest absolute Gasteiger partial charge is 0.327 e. The van der Waals surface area contributed by atoms with E-state index in [1.165, 1.54) is 37.8 Å². The van der Waals surface area contributed by atoms with Crippen LogP contribution in [0.15, 0.2) is 24.3 Å². The van der Waals surface area contributed by atoms with Gasteiger partial charge < -0.3 is 5.73 Å². The summed E-state index contributed by atoms with van der Waals surface area (Å²) in [6, 6.07) is 7.00. The van der Waals surface area contributed by atoms with Crippen LogP contribution in [0.1, 0.15) is 37.7 Å². The molecule has 98 valence electrons. The molecular weight excluding hydrogens is 225 g/mol. The summed E-state index contributed by atoms with van der Waals surface area (Å²) < 4.78 is 12.8. The van der Waals surface area contributed by atoms with E-state index in [0.29, 0.717) is 0 Å². The van der Waals surface area contributed by atoms with Gasteiger partial charge in [0, 0.05) is 6.04 Å². The van der Waals surface area contributed by atoms with Gasteiger partial charge in [-0.3, -0.25) is 0 Å². The number of nitrogens with two attached hydrogens (primary N) is 1. The van der Waals surface area contributed by atoms with E-state index >= 15 is 0 Å². The fourth-order valence-electron chi connectivity index (χ4n) is 4.06. The first-order valence-electron chi connectivity index (χ1n) is 7.20. The maximum absolute atomic E-state index is 12.8. The van der Waals surface area contributed by atoms with Crippen molar-refractivity contribution in [1.82, 2.24) is 0 Å². The van der Waals surface area contributed by atoms with E-state index < -0.39 is 0 Å². The molecule has 2 bridgehead atoms. The second kappa shape index (κ2) is 5.00. The van der Waals surface area contributed by atoms with Crippen molar-refractivity contribution in [3.8, 4) is 0 Å². The van der Waals surface area contributed by atoms with Gasteiger partial charge in [-0.2, -0.15) is 0 Å². The molecule has 0 heterocycles. The van der Waals surface area contributed by atoms with Gasteiger partial charge in [0.25, 0.3) is 0 Å². The summed E-state index contributed by atoms with van der Waals surface area (Å²) in [4.78, 5) is 0. The molecule has 0 aromatic heterocycles. The van der Waals surface area contributed by atoms with Crippen LogP contribution in [-0.4, -0.2) is 6.04 Å². The molecular formula is C16H22FN. The molecule has 4 unspecified atom stereocenters. The first kappa shape index (κ1) is 12.2. The van der Waals surface area contributed by atoms with Crippen LogP contribution in [0.3, 0.4) is 0 Å². The minimum Gasteiger partial charge on any atom is -0.327 e. The Balaban J connectivity index is 1.52. The standard InChI is InChI=1S/C16H22FN/c17-15-5-2-11(3-6-15)9-16(18)10-14-8-12-1-4-13(14)7-12/h2-3,5-6,12-14,16H,1,4,7-10,18H2. The predicted octanol–water partition coefficient (Wildman–Crippen LogP) is 3.52. The van der Waals surface area contributed by atoms with E-state index in [0.717, 1.165) is 36.2 Å². The molecule has 2 saturated carbocycles. The highest BCUT2D eigenvalue weighted by Gasteiger charge is 2.39. The van der Waals surface area contributed by atoms with E-state index in [1.54, 1.807) is 0 Å². The van der Waals surface area contributed by atoms with Gasteiger partial charge >= 0.3 is 0 Å². The lowest BCUT2D eigenvalue weighted by atomic mass is 9.83. The number of hydrogen-bond donors (Lipinski definition) is 1. The highest BCUT2D eigenvalue weighted by atomic mass is 19.1. The fourth-order valence-corrected chi connectivity index (χ4v) is 4.06. The second-order valence-electron chi connectivity index (χ2n) is 6.26. The Labute approximate surface area is 109 Å². The Hall–Kier alpha value is -0.890. The molecule has 0 amide bonds. The van der Waals surface area contributed by atoms with Crippen LogP contribution >= 0.6 is 0 Å². The number of hydrogen-bond acceptors (Lipinski definition) is 1. The molecule has 2 aliphatic rings. The molecule has 0 spiro atoms. The van der Waals surface area contributed by atoms with E-state index in [4.69, 9.17) is 5.73 Å². The van der Waals surface area contributed by atoms with Crippen molar-refractivity contribution in [2.24, 2.45) is 23.5 Å². The summed E-state index contributed by atoms with van der Waals surface area (Å²) in [5.41, 5.74) is 7.42. The summed E-state index contributed by atoms with van der Waals surface area (Å²) in [5, 5.41) is 0. The summed E-state index contributed by atoms with van der Waals surface area (Å²) in [7, 11) is 0. The van der Waals surface area contributed by atoms with E-state index in [2.05, 4.69) is 0 Å². The smallest absolute Gasteiger partial charge is 0.123 e. The summed E-state index contributed by atoms with van der Waals surface area (Å²) in [6.45, 7) is 0. The van der Waals surface area contributed by atoms with Gasteiger partial charge in [-0.05, 0) is 67.6 Å². The van der Waals surface area contributed by atoms with E-state index in [1.807, 2.05) is 12.1 Å². The third kappa shape index (κ3) is 2.59. The zero-order valence-electron chi connectivity index (χ0n) is 10.8. The molecule has 3 rings (SSSR count). The zero-order valence-corrected chi connectivity index (χ0v) is 10.8. The van der Waals surface area contributed by atoms with E-state index in [-0.39, 0.29) is 11.9 Å². The van der Waals surface area contributed by atoms with Gasteiger partial charge in [0.2, 0.25) is 0 Å². The summed E-state index contributed by atoms with van der Waals surface area (Å²) in [5.74, 6) is 2.65. The average Bonchev–Trinajstić information content (AvgIpc) is 2.94. The maximum Gasteiger partial charge on any atom is 0.123 e. The second-order valence-corrected chi connectivity index (χ2v) is 6.26. The SMILES string of the molecule is NC(Cc1ccc(F)cc1)CC1CC2CCC1C2. The molecule has 0 radical (unpaired) electrons. The van der Waals surface area contributed by atoms with Crippen LogP contribution in [0.4, 0.5) is 4.39 Å². The molecule has 1 aromatic carbocycles. The number of benzene rings is 1. The van der Waals surface area contributed by atoms with E-state index in [9.17, 15) is 4.39 Å². The average molecular weight is 247 g/mol. The van der Waals surface area contributed by atoms with Crippen molar-refractivity contribution in [2.75, 3.05) is 0 Å². The first-order valence-corrected chi connectivity index (χ1v) is 7.20. The lowest BCUT2D eigenvalue weighted by Gasteiger charge is -2.24. The van der Waals surface area contributed by atoms with Gasteiger partial charge in [-0.1, -0.05) is 18.6 Å². The molecule has 0 saturated heterocycles. The molecule has 1 nitrogen and oxygen atoms in total. The van der Waals surface area contributed by atoms with Gasteiger partial charge in [-0.25, -0.2) is 4.39 Å². The van der Waals surface area contributed by atoms with Crippen molar-refractivity contribution in [1.29, 1.82) is 0 Å². The van der Waals surface area contributed by atoms with Crippen LogP contribution in [0, 0.1) is 23.6 Å². The number of halogens is 1. The molecule has 2 fully saturated rings. The third-order valence-corrected chi connectivity index (χ3v) is 4.90. The van der Waals surface area contributed by atoms with Crippen LogP contribution in [-0.2, 0) is 6.42 Å². The van der Waals surface area contributed by atoms with Crippen molar-refractivity contribution in [3.63, 3.8) is 0 Å². The topological polar surface area (TPSA) is 26.0 Å². The van der Waals surface area contributed by atoms with Crippen LogP contribution in [0.25, 0.3) is 0 Å². The highest BCUT2D eigenvalue weighted by Crippen LogP contribution is 2.49. The zero-order chi connectivity index (χ0) is 12.5. The van der Waals surface area contributed by atoms with Crippen LogP contribution < -0.4 is 5.73 Å². The van der Waals surface area contributed by atoms with Gasteiger partial charge in [0.15, 0.2) is 0 Å². The van der Waals surface area contributed by atoms with Crippen molar-refractivity contribution in [3.05, 3.63) is 35.6 Å². The summed E-state index contributed by atoms with van der Waals surface area (Å²) in [6.07, 6.45) is 7.77. The minimum atomic E-state index is -0.166. The van der Waals surface area contributed by atoms with Gasteiger partial charge in [0.05, 0.1) is 0 Å². The van der Waals surface area contributed by atoms with Crippen molar-refractivity contribution < 1.29 is 4.39 Å². The molecule has 2 aliphatic carbocycles. The molecule has 2 heteroatoms. The molecule has 2 N–H and O–H groups in total. The summed E-state index contributed by atoms with van der Waals surface area (Å²) >= 11 is 0. The Morgan fingerprint density at radius 3 is 2.56 bits per heavy atom. The Morgan fingerprint density at radius 1 is 1.17 bits per heavy atom. The Kier molecular flexibility index (Phi) is 3.38. The number of fused-ring (bicyclic) bond motifs is 2. The predicted molar refractivity (Wildman–Crippen MR) is 71.6 cm³/mol. The molecule has 4 atom stereocenters. The first-order chi connectivity index (χ1) is 8.70. The van der Waals surface area contributed by atoms with Gasteiger partial charge in [0.1, 0.15) is 5.82 Å². The Bertz CT molecular complexity index is 400. The molecule has 1 aromatic rings. The third-order valence-electron chi connectivity index (χ3n) is 4.90. The quantitative estimate of drug-likeness (QED) is 0.865. The minimum absolute atomic E-state index is 0.166. The van der Waals surface area contributed by atoms with Gasteiger partial charge in [-0.15, -0.1) is 0 Å². The molecule has 18 heavy (non-hydrogen) atoms. The number of rotatable bonds is 4. The monoisotopic (exact) mass is 247 g/mol. The van der Waals surface area contributed by atoms with Crippen LogP contribution in [0.5, 0.6) is 0 Å². The molecule has 0 aliphatic heterocycles. The highest BCUT2D eigenvalue weighted by molar-refractivity contribution is 5.17. The normalized spacial score (nSPS) is 31.8. The van der Waals surface area contributed by atoms with Crippen molar-refractivity contribution in [2.45, 2.75) is 44.6 Å². The maximum atomic E-state index is 12.8. The van der Waals surface area contributed by atoms with Crippen LogP contribution in [0.2, 0.25) is 0 Å². The van der Waals surface area contributed by atoms with Crippen molar-refractivity contribution >= 4 is 0 Å². The lowest BCUT2D eigenvalue weighted by Crippen LogP contribution is -2.28. The lowest BCUT2D eigenvalue weighted by molar-refractivity contribution is 0.294. The Morgan fingerprint density at radius 2 is 1.94 bits per heavy atom. The fraction of sp³-hybridized carbons (Fsp3) is 0.625.